The number of hydrogen-bond donors (Lipinski definition) is 1. The van der Waals surface area contributed by atoms with Gasteiger partial charge in [0.2, 0.25) is 0 Å². The minimum atomic E-state index is -0.846. The number of likely N-dealkylation sites (tertiary alicyclic amines) is 1. The number of carboxylic acid groups (broad SMARTS) is 1. The lowest BCUT2D eigenvalue weighted by Crippen LogP contribution is -2.27. The number of nitrogens with zero attached hydrogens (tertiary/aromatic N) is 1. The largest absolute Gasteiger partial charge is 0.478 e. The second-order valence-corrected chi connectivity index (χ2v) is 7.65. The molecule has 0 bridgehead atoms. The molecule has 1 aromatic heterocycles. The fourth-order valence-corrected chi connectivity index (χ4v) is 4.86. The summed E-state index contributed by atoms with van der Waals surface area (Å²) in [6, 6.07) is 7.90. The summed E-state index contributed by atoms with van der Waals surface area (Å²) in [5.41, 5.74) is 7.04. The smallest absolute Gasteiger partial charge is 0.335 e. The Labute approximate surface area is 146 Å². The van der Waals surface area contributed by atoms with Crippen LogP contribution in [0.1, 0.15) is 44.8 Å². The quantitative estimate of drug-likeness (QED) is 0.851. The van der Waals surface area contributed by atoms with E-state index >= 15 is 0 Å². The molecule has 2 aromatic rings. The van der Waals surface area contributed by atoms with Crippen molar-refractivity contribution in [1.29, 1.82) is 0 Å². The van der Waals surface area contributed by atoms with Gasteiger partial charge in [-0.05, 0) is 78.6 Å². The summed E-state index contributed by atoms with van der Waals surface area (Å²) in [5, 5.41) is 11.6. The van der Waals surface area contributed by atoms with Crippen LogP contribution in [-0.4, -0.2) is 36.1 Å². The van der Waals surface area contributed by atoms with Crippen molar-refractivity contribution in [3.63, 3.8) is 0 Å². The molecule has 1 N–H and O–H groups in total. The number of aryl methyl sites for hydroxylation is 2. The van der Waals surface area contributed by atoms with Gasteiger partial charge in [0, 0.05) is 18.0 Å². The van der Waals surface area contributed by atoms with Gasteiger partial charge in [0.1, 0.15) is 0 Å². The number of carboxylic acids is 1. The van der Waals surface area contributed by atoms with E-state index in [0.717, 1.165) is 44.3 Å². The minimum Gasteiger partial charge on any atom is -0.478 e. The van der Waals surface area contributed by atoms with Crippen LogP contribution in [0.3, 0.4) is 0 Å². The molecule has 0 saturated carbocycles. The van der Waals surface area contributed by atoms with Crippen molar-refractivity contribution in [3.8, 4) is 0 Å². The number of fused-ring (bicyclic) bond motifs is 2. The zero-order chi connectivity index (χ0) is 16.7. The Morgan fingerprint density at radius 2 is 1.83 bits per heavy atom. The molecular formula is C20H21NO2S. The molecular weight excluding hydrogens is 318 g/mol. The molecule has 124 valence electrons. The molecule has 1 aromatic carbocycles. The van der Waals surface area contributed by atoms with E-state index in [-0.39, 0.29) is 0 Å². The van der Waals surface area contributed by atoms with E-state index in [0.29, 0.717) is 5.56 Å². The third-order valence-electron chi connectivity index (χ3n) is 5.21. The van der Waals surface area contributed by atoms with Crippen LogP contribution in [0.2, 0.25) is 0 Å². The lowest BCUT2D eigenvalue weighted by atomic mass is 9.89. The first kappa shape index (κ1) is 15.6. The van der Waals surface area contributed by atoms with Crippen LogP contribution in [0.5, 0.6) is 0 Å². The molecule has 24 heavy (non-hydrogen) atoms. The van der Waals surface area contributed by atoms with E-state index in [1.165, 1.54) is 27.2 Å². The van der Waals surface area contributed by atoms with E-state index < -0.39 is 5.97 Å². The minimum absolute atomic E-state index is 0.389. The monoisotopic (exact) mass is 339 g/mol. The highest BCUT2D eigenvalue weighted by Gasteiger charge is 2.25. The van der Waals surface area contributed by atoms with Crippen LogP contribution >= 0.6 is 11.3 Å². The van der Waals surface area contributed by atoms with Gasteiger partial charge in [-0.15, -0.1) is 11.3 Å². The number of aromatic carboxylic acids is 1. The van der Waals surface area contributed by atoms with E-state index in [9.17, 15) is 9.90 Å². The first-order valence-corrected chi connectivity index (χ1v) is 9.35. The summed E-state index contributed by atoms with van der Waals surface area (Å²) in [4.78, 5) is 15.2. The van der Waals surface area contributed by atoms with Crippen molar-refractivity contribution in [3.05, 3.63) is 62.3 Å². The first-order chi connectivity index (χ1) is 11.6. The molecule has 1 aliphatic carbocycles. The lowest BCUT2D eigenvalue weighted by Gasteiger charge is -2.27. The Bertz CT molecular complexity index is 824. The Balaban J connectivity index is 1.93. The normalized spacial score (nSPS) is 18.0. The van der Waals surface area contributed by atoms with E-state index in [1.807, 2.05) is 12.1 Å². The molecule has 4 heteroatoms. The first-order valence-electron chi connectivity index (χ1n) is 8.47. The summed E-state index contributed by atoms with van der Waals surface area (Å²) in [7, 11) is 2.17. The summed E-state index contributed by atoms with van der Waals surface area (Å²) < 4.78 is 0. The van der Waals surface area contributed by atoms with Crippen LogP contribution in [0.15, 0.2) is 35.2 Å². The Morgan fingerprint density at radius 3 is 2.58 bits per heavy atom. The second-order valence-electron chi connectivity index (χ2n) is 6.73. The maximum Gasteiger partial charge on any atom is 0.335 e. The Hall–Kier alpha value is -1.91. The maximum absolute atomic E-state index is 11.5. The predicted octanol–water partition coefficient (Wildman–Crippen LogP) is 4.07. The molecule has 0 spiro atoms. The van der Waals surface area contributed by atoms with Gasteiger partial charge in [-0.3, -0.25) is 0 Å². The van der Waals surface area contributed by atoms with Gasteiger partial charge >= 0.3 is 5.97 Å². The van der Waals surface area contributed by atoms with Crippen LogP contribution in [0.4, 0.5) is 0 Å². The molecule has 0 unspecified atom stereocenters. The molecule has 0 amide bonds. The van der Waals surface area contributed by atoms with E-state index in [4.69, 9.17) is 0 Å². The molecule has 1 aliphatic heterocycles. The molecule has 1 fully saturated rings. The Morgan fingerprint density at radius 1 is 1.08 bits per heavy atom. The van der Waals surface area contributed by atoms with Gasteiger partial charge in [-0.2, -0.15) is 0 Å². The fourth-order valence-electron chi connectivity index (χ4n) is 3.79. The molecule has 0 radical (unpaired) electrons. The summed E-state index contributed by atoms with van der Waals surface area (Å²) in [6.45, 7) is 2.15. The zero-order valence-electron chi connectivity index (χ0n) is 13.8. The predicted molar refractivity (Wildman–Crippen MR) is 97.9 cm³/mol. The molecule has 3 nitrogen and oxygen atoms in total. The summed E-state index contributed by atoms with van der Waals surface area (Å²) in [6.07, 6.45) is 4.16. The highest BCUT2D eigenvalue weighted by atomic mass is 32.1. The number of benzene rings is 1. The average molecular weight is 339 g/mol. The van der Waals surface area contributed by atoms with Gasteiger partial charge in [0.15, 0.2) is 0 Å². The third kappa shape index (κ3) is 2.70. The van der Waals surface area contributed by atoms with E-state index in [2.05, 4.69) is 23.4 Å². The number of rotatable bonds is 1. The van der Waals surface area contributed by atoms with Crippen molar-refractivity contribution < 1.29 is 9.90 Å². The summed E-state index contributed by atoms with van der Waals surface area (Å²) >= 11 is 1.80. The SMILES string of the molecule is CN1CCC(=C2c3cc(C(=O)O)ccc3CCc3ccsc32)CC1. The van der Waals surface area contributed by atoms with Crippen LogP contribution < -0.4 is 0 Å². The van der Waals surface area contributed by atoms with Crippen molar-refractivity contribution in [1.82, 2.24) is 4.90 Å². The number of thiophene rings is 1. The fraction of sp³-hybridized carbons (Fsp3) is 0.350. The maximum atomic E-state index is 11.5. The van der Waals surface area contributed by atoms with Crippen molar-refractivity contribution >= 4 is 22.9 Å². The van der Waals surface area contributed by atoms with Crippen molar-refractivity contribution in [2.24, 2.45) is 0 Å². The Kier molecular flexibility index (Phi) is 4.02. The van der Waals surface area contributed by atoms with Gasteiger partial charge in [-0.25, -0.2) is 4.79 Å². The number of piperidine rings is 1. The topological polar surface area (TPSA) is 40.5 Å². The highest BCUT2D eigenvalue weighted by molar-refractivity contribution is 7.11. The summed E-state index contributed by atoms with van der Waals surface area (Å²) in [5.74, 6) is -0.846. The van der Waals surface area contributed by atoms with Gasteiger partial charge in [0.25, 0.3) is 0 Å². The average Bonchev–Trinajstić information content (AvgIpc) is 2.98. The number of hydrogen-bond acceptors (Lipinski definition) is 3. The molecule has 1 saturated heterocycles. The standard InChI is InChI=1S/C20H21NO2S/c1-21-9-6-14(7-10-21)18-17-12-16(20(22)23)5-3-13(17)2-4-15-8-11-24-19(15)18/h3,5,8,11-12H,2,4,6-7,9-10H2,1H3,(H,22,23). The number of carbonyl (C=O) groups is 1. The van der Waals surface area contributed by atoms with Gasteiger partial charge < -0.3 is 10.0 Å². The van der Waals surface area contributed by atoms with Crippen LogP contribution in [0, 0.1) is 0 Å². The lowest BCUT2D eigenvalue weighted by molar-refractivity contribution is 0.0697. The van der Waals surface area contributed by atoms with Crippen LogP contribution in [0.25, 0.3) is 5.57 Å². The molecule has 2 aliphatic rings. The highest BCUT2D eigenvalue weighted by Crippen LogP contribution is 2.41. The van der Waals surface area contributed by atoms with E-state index in [1.54, 1.807) is 17.4 Å². The van der Waals surface area contributed by atoms with Crippen molar-refractivity contribution in [2.75, 3.05) is 20.1 Å². The molecule has 4 rings (SSSR count). The second kappa shape index (κ2) is 6.19. The third-order valence-corrected chi connectivity index (χ3v) is 6.18. The molecule has 0 atom stereocenters. The van der Waals surface area contributed by atoms with Gasteiger partial charge in [-0.1, -0.05) is 11.6 Å². The van der Waals surface area contributed by atoms with Crippen LogP contribution in [-0.2, 0) is 12.8 Å². The molecule has 2 heterocycles. The zero-order valence-corrected chi connectivity index (χ0v) is 14.7. The van der Waals surface area contributed by atoms with Gasteiger partial charge in [0.05, 0.1) is 5.56 Å². The van der Waals surface area contributed by atoms with Crippen molar-refractivity contribution in [2.45, 2.75) is 25.7 Å².